The number of hydrogen-bond donors (Lipinski definition) is 0. The van der Waals surface area contributed by atoms with Gasteiger partial charge in [0.05, 0.1) is 11.5 Å². The van der Waals surface area contributed by atoms with Crippen LogP contribution in [0.15, 0.2) is 108 Å². The van der Waals surface area contributed by atoms with Crippen LogP contribution in [0.1, 0.15) is 105 Å². The summed E-state index contributed by atoms with van der Waals surface area (Å²) in [5, 5.41) is 0.420. The first-order chi connectivity index (χ1) is 23.2. The van der Waals surface area contributed by atoms with E-state index < -0.39 is 0 Å². The van der Waals surface area contributed by atoms with Crippen molar-refractivity contribution in [3.05, 3.63) is 142 Å². The molecule has 1 spiro atoms. The first-order valence-electron chi connectivity index (χ1n) is 18.3. The molecule has 6 aliphatic rings. The second kappa shape index (κ2) is 8.91. The van der Waals surface area contributed by atoms with Crippen LogP contribution in [0.2, 0.25) is 0 Å². The highest BCUT2D eigenvalue weighted by atomic mass is 32.2. The lowest BCUT2D eigenvalue weighted by Crippen LogP contribution is -2.69. The number of benzene rings is 5. The summed E-state index contributed by atoms with van der Waals surface area (Å²) in [6, 6.07) is 41.4. The molecule has 48 heavy (non-hydrogen) atoms. The van der Waals surface area contributed by atoms with Crippen molar-refractivity contribution < 1.29 is 0 Å². The molecule has 1 saturated carbocycles. The first-order valence-corrected chi connectivity index (χ1v) is 19.1. The summed E-state index contributed by atoms with van der Waals surface area (Å²) in [5.41, 5.74) is 18.1. The highest BCUT2D eigenvalue weighted by Crippen LogP contribution is 2.67. The van der Waals surface area contributed by atoms with Gasteiger partial charge in [0.25, 0.3) is 0 Å². The Morgan fingerprint density at radius 2 is 1.35 bits per heavy atom. The van der Waals surface area contributed by atoms with Gasteiger partial charge in [-0.1, -0.05) is 143 Å². The standard InChI is InChI=1S/C45H42BNS/c1-42(2,3)27-20-21-33-36(26-27)46-38-34(45(33)31-17-9-6-14-28(31)29-15-7-10-18-32(29)45)22-23-35-40(38)47(44(5)25-13-12-24-43(35,44)4)39-30-16-8-11-19-37(30)48-41(39)46/h6-11,14-23,26,39,41H,12-13,24-25H2,1-5H3. The van der Waals surface area contributed by atoms with E-state index in [-0.39, 0.29) is 21.8 Å². The zero-order valence-electron chi connectivity index (χ0n) is 28.7. The van der Waals surface area contributed by atoms with E-state index in [2.05, 4.69) is 154 Å². The van der Waals surface area contributed by atoms with Crippen LogP contribution in [0.5, 0.6) is 0 Å². The fraction of sp³-hybridized carbons (Fsp3) is 0.333. The van der Waals surface area contributed by atoms with Gasteiger partial charge in [-0.25, -0.2) is 0 Å². The maximum absolute atomic E-state index is 3.04. The molecule has 5 aromatic rings. The molecule has 5 aromatic carbocycles. The van der Waals surface area contributed by atoms with E-state index in [1.807, 2.05) is 0 Å². The van der Waals surface area contributed by atoms with Gasteiger partial charge in [0.1, 0.15) is 0 Å². The van der Waals surface area contributed by atoms with Gasteiger partial charge in [0.15, 0.2) is 0 Å². The third kappa shape index (κ3) is 2.99. The van der Waals surface area contributed by atoms with Crippen LogP contribution in [0, 0.1) is 0 Å². The largest absolute Gasteiger partial charge is 0.358 e. The van der Waals surface area contributed by atoms with E-state index >= 15 is 0 Å². The Hall–Kier alpha value is -3.69. The van der Waals surface area contributed by atoms with E-state index in [9.17, 15) is 0 Å². The molecule has 0 aromatic heterocycles. The molecule has 0 saturated heterocycles. The Morgan fingerprint density at radius 1 is 0.708 bits per heavy atom. The van der Waals surface area contributed by atoms with Crippen molar-refractivity contribution in [1.82, 2.24) is 0 Å². The molecule has 1 nitrogen and oxygen atoms in total. The number of thioether (sulfide) groups is 1. The van der Waals surface area contributed by atoms with Gasteiger partial charge in [0.2, 0.25) is 6.71 Å². The Labute approximate surface area is 290 Å². The van der Waals surface area contributed by atoms with Crippen LogP contribution in [-0.2, 0) is 16.2 Å². The van der Waals surface area contributed by atoms with Gasteiger partial charge >= 0.3 is 0 Å². The predicted molar refractivity (Wildman–Crippen MR) is 203 cm³/mol. The van der Waals surface area contributed by atoms with Gasteiger partial charge in [-0.15, -0.1) is 11.8 Å². The molecule has 236 valence electrons. The molecule has 11 rings (SSSR count). The van der Waals surface area contributed by atoms with Gasteiger partial charge in [-0.05, 0) is 86.8 Å². The molecular weight excluding hydrogens is 597 g/mol. The van der Waals surface area contributed by atoms with Gasteiger partial charge in [0, 0.05) is 26.7 Å². The number of anilines is 1. The van der Waals surface area contributed by atoms with Crippen molar-refractivity contribution in [3.63, 3.8) is 0 Å². The topological polar surface area (TPSA) is 3.24 Å². The molecule has 0 bridgehead atoms. The van der Waals surface area contributed by atoms with E-state index in [1.54, 1.807) is 27.7 Å². The molecule has 0 N–H and O–H groups in total. The maximum atomic E-state index is 3.04. The lowest BCUT2D eigenvalue weighted by molar-refractivity contribution is 0.175. The third-order valence-corrected chi connectivity index (χ3v) is 15.5. The molecule has 0 amide bonds. The van der Waals surface area contributed by atoms with Crippen molar-refractivity contribution in [2.75, 3.05) is 4.90 Å². The summed E-state index contributed by atoms with van der Waals surface area (Å²) in [6.07, 6.45) is 5.16. The molecule has 2 aliphatic carbocycles. The Morgan fingerprint density at radius 3 is 2.10 bits per heavy atom. The van der Waals surface area contributed by atoms with E-state index in [1.165, 1.54) is 69.5 Å². The highest BCUT2D eigenvalue weighted by Gasteiger charge is 2.67. The molecule has 0 radical (unpaired) electrons. The van der Waals surface area contributed by atoms with Crippen LogP contribution in [0.4, 0.5) is 5.69 Å². The summed E-state index contributed by atoms with van der Waals surface area (Å²) >= 11 is 2.18. The first kappa shape index (κ1) is 28.2. The molecule has 1 fully saturated rings. The van der Waals surface area contributed by atoms with Crippen LogP contribution in [-0.4, -0.2) is 17.4 Å². The average Bonchev–Trinajstić information content (AvgIpc) is 3.68. The van der Waals surface area contributed by atoms with Crippen molar-refractivity contribution in [1.29, 1.82) is 0 Å². The SMILES string of the molecule is CC(C)(C)c1ccc2c(c1)B1c3c(ccc4c3N(C3c5ccccc5SC13)C1(C)CCCCC41C)C21c2ccccc2-c2ccccc21. The summed E-state index contributed by atoms with van der Waals surface area (Å²) in [5.74, 6) is 0. The average molecular weight is 640 g/mol. The number of nitrogens with zero attached hydrogens (tertiary/aromatic N) is 1. The van der Waals surface area contributed by atoms with Crippen LogP contribution >= 0.6 is 11.8 Å². The van der Waals surface area contributed by atoms with Crippen molar-refractivity contribution in [2.24, 2.45) is 0 Å². The predicted octanol–water partition coefficient (Wildman–Crippen LogP) is 9.45. The number of hydrogen-bond acceptors (Lipinski definition) is 2. The second-order valence-electron chi connectivity index (χ2n) is 17.0. The van der Waals surface area contributed by atoms with E-state index in [0.29, 0.717) is 17.9 Å². The third-order valence-electron chi connectivity index (χ3n) is 14.1. The van der Waals surface area contributed by atoms with Crippen molar-refractivity contribution in [3.8, 4) is 11.1 Å². The lowest BCUT2D eigenvalue weighted by Gasteiger charge is -2.56. The number of fused-ring (bicyclic) bond motifs is 17. The summed E-state index contributed by atoms with van der Waals surface area (Å²) in [7, 11) is 0. The van der Waals surface area contributed by atoms with Gasteiger partial charge < -0.3 is 4.90 Å². The highest BCUT2D eigenvalue weighted by molar-refractivity contribution is 8.02. The van der Waals surface area contributed by atoms with Gasteiger partial charge in [-0.2, -0.15) is 0 Å². The molecule has 4 heterocycles. The monoisotopic (exact) mass is 639 g/mol. The minimum Gasteiger partial charge on any atom is -0.358 e. The Bertz CT molecular complexity index is 2200. The zero-order chi connectivity index (χ0) is 32.4. The minimum absolute atomic E-state index is 0.0639. The quantitative estimate of drug-likeness (QED) is 0.152. The maximum Gasteiger partial charge on any atom is 0.229 e. The van der Waals surface area contributed by atoms with E-state index in [0.717, 1.165) is 0 Å². The summed E-state index contributed by atoms with van der Waals surface area (Å²) in [6.45, 7) is 12.8. The molecule has 4 unspecified atom stereocenters. The molecule has 3 heteroatoms. The summed E-state index contributed by atoms with van der Waals surface area (Å²) in [4.78, 5) is 4.53. The zero-order valence-corrected chi connectivity index (χ0v) is 29.5. The molecular formula is C45H42BNS. The lowest BCUT2D eigenvalue weighted by atomic mass is 9.29. The second-order valence-corrected chi connectivity index (χ2v) is 18.3. The minimum atomic E-state index is -0.343. The fourth-order valence-corrected chi connectivity index (χ4v) is 13.4. The van der Waals surface area contributed by atoms with Gasteiger partial charge in [-0.3, -0.25) is 0 Å². The number of rotatable bonds is 0. The molecule has 4 atom stereocenters. The van der Waals surface area contributed by atoms with Crippen LogP contribution < -0.4 is 15.8 Å². The van der Waals surface area contributed by atoms with Crippen LogP contribution in [0.25, 0.3) is 11.1 Å². The van der Waals surface area contributed by atoms with Crippen LogP contribution in [0.3, 0.4) is 0 Å². The Kier molecular flexibility index (Phi) is 5.23. The molecule has 4 aliphatic heterocycles. The normalized spacial score (nSPS) is 27.5. The van der Waals surface area contributed by atoms with Crippen molar-refractivity contribution >= 4 is 35.1 Å². The fourth-order valence-electron chi connectivity index (χ4n) is 11.8. The Balaban J connectivity index is 1.33. The smallest absolute Gasteiger partial charge is 0.229 e. The van der Waals surface area contributed by atoms with E-state index in [4.69, 9.17) is 0 Å². The summed E-state index contributed by atoms with van der Waals surface area (Å²) < 4.78 is 0. The van der Waals surface area contributed by atoms with Crippen molar-refractivity contribution in [2.45, 2.75) is 98.2 Å².